The summed E-state index contributed by atoms with van der Waals surface area (Å²) in [7, 11) is 0. The van der Waals surface area contributed by atoms with Crippen LogP contribution < -0.4 is 10.6 Å². The Kier molecular flexibility index (Phi) is 3.14. The third kappa shape index (κ3) is 2.31. The predicted octanol–water partition coefficient (Wildman–Crippen LogP) is 3.21. The number of nitrogens with zero attached hydrogens (tertiary/aromatic N) is 2. The van der Waals surface area contributed by atoms with Gasteiger partial charge in [0.25, 0.3) is 0 Å². The molecule has 0 radical (unpaired) electrons. The summed E-state index contributed by atoms with van der Waals surface area (Å²) in [5, 5.41) is 0. The van der Waals surface area contributed by atoms with E-state index in [1.807, 2.05) is 12.3 Å². The van der Waals surface area contributed by atoms with Crippen LogP contribution in [0.25, 0.3) is 0 Å². The third-order valence-electron chi connectivity index (χ3n) is 4.85. The summed E-state index contributed by atoms with van der Waals surface area (Å²) in [6, 6.07) is 2.05. The van der Waals surface area contributed by atoms with E-state index in [-0.39, 0.29) is 0 Å². The average molecular weight is 245 g/mol. The van der Waals surface area contributed by atoms with Crippen molar-refractivity contribution in [2.45, 2.75) is 44.9 Å². The van der Waals surface area contributed by atoms with E-state index < -0.39 is 0 Å². The van der Waals surface area contributed by atoms with Gasteiger partial charge < -0.3 is 10.6 Å². The van der Waals surface area contributed by atoms with E-state index >= 15 is 0 Å². The maximum Gasteiger partial charge on any atom is 0.0573 e. The van der Waals surface area contributed by atoms with Gasteiger partial charge in [0.05, 0.1) is 17.6 Å². The molecule has 2 fully saturated rings. The lowest BCUT2D eigenvalue weighted by Crippen LogP contribution is -2.41. The lowest BCUT2D eigenvalue weighted by Gasteiger charge is -2.45. The number of rotatable bonds is 1. The Bertz CT molecular complexity index is 400. The minimum atomic E-state index is 0.669. The topological polar surface area (TPSA) is 42.1 Å². The Morgan fingerprint density at radius 1 is 1.00 bits per heavy atom. The van der Waals surface area contributed by atoms with E-state index in [1.54, 1.807) is 6.20 Å². The molecule has 1 aliphatic carbocycles. The molecule has 0 aromatic carbocycles. The number of hydrogen-bond donors (Lipinski definition) is 1. The van der Waals surface area contributed by atoms with Gasteiger partial charge in [-0.15, -0.1) is 0 Å². The van der Waals surface area contributed by atoms with Gasteiger partial charge >= 0.3 is 0 Å². The first kappa shape index (κ1) is 11.8. The molecule has 0 atom stereocenters. The molecule has 2 heterocycles. The molecule has 1 saturated heterocycles. The maximum absolute atomic E-state index is 5.81. The van der Waals surface area contributed by atoms with Crippen molar-refractivity contribution in [3.8, 4) is 0 Å². The van der Waals surface area contributed by atoms with Crippen molar-refractivity contribution in [2.24, 2.45) is 5.41 Å². The first-order valence-electron chi connectivity index (χ1n) is 7.23. The highest BCUT2D eigenvalue weighted by molar-refractivity contribution is 5.53. The highest BCUT2D eigenvalue weighted by Gasteiger charge is 2.35. The first-order chi connectivity index (χ1) is 8.77. The first-order valence-corrected chi connectivity index (χ1v) is 7.23. The number of hydrogen-bond acceptors (Lipinski definition) is 3. The summed E-state index contributed by atoms with van der Waals surface area (Å²) < 4.78 is 0. The van der Waals surface area contributed by atoms with E-state index in [4.69, 9.17) is 5.73 Å². The number of nitrogen functional groups attached to an aromatic ring is 1. The van der Waals surface area contributed by atoms with Crippen LogP contribution in [0.1, 0.15) is 44.9 Å². The smallest absolute Gasteiger partial charge is 0.0573 e. The molecule has 0 bridgehead atoms. The third-order valence-corrected chi connectivity index (χ3v) is 4.85. The second kappa shape index (κ2) is 4.79. The molecular formula is C15H23N3. The zero-order valence-electron chi connectivity index (χ0n) is 11.1. The van der Waals surface area contributed by atoms with Crippen molar-refractivity contribution < 1.29 is 0 Å². The lowest BCUT2D eigenvalue weighted by molar-refractivity contribution is 0.144. The monoisotopic (exact) mass is 245 g/mol. The second-order valence-electron chi connectivity index (χ2n) is 6.02. The van der Waals surface area contributed by atoms with E-state index in [0.717, 1.165) is 5.69 Å². The van der Waals surface area contributed by atoms with Crippen molar-refractivity contribution in [2.75, 3.05) is 23.7 Å². The van der Waals surface area contributed by atoms with Gasteiger partial charge in [-0.05, 0) is 37.2 Å². The molecule has 3 heteroatoms. The number of pyridine rings is 1. The van der Waals surface area contributed by atoms with Crippen LogP contribution >= 0.6 is 0 Å². The van der Waals surface area contributed by atoms with Crippen LogP contribution in [0.4, 0.5) is 11.4 Å². The quantitative estimate of drug-likeness (QED) is 0.826. The Balaban J connectivity index is 1.66. The molecule has 98 valence electrons. The molecule has 0 amide bonds. The van der Waals surface area contributed by atoms with Gasteiger partial charge in [-0.2, -0.15) is 0 Å². The molecular weight excluding hydrogens is 222 g/mol. The summed E-state index contributed by atoms with van der Waals surface area (Å²) in [5.74, 6) is 0. The fourth-order valence-corrected chi connectivity index (χ4v) is 3.66. The highest BCUT2D eigenvalue weighted by atomic mass is 15.1. The number of aromatic nitrogens is 1. The molecule has 18 heavy (non-hydrogen) atoms. The molecule has 1 saturated carbocycles. The minimum absolute atomic E-state index is 0.669. The molecule has 1 aliphatic heterocycles. The number of nitrogens with two attached hydrogens (primary N) is 1. The molecule has 1 spiro atoms. The van der Waals surface area contributed by atoms with Gasteiger partial charge in [0.2, 0.25) is 0 Å². The van der Waals surface area contributed by atoms with Crippen LogP contribution in [-0.4, -0.2) is 18.1 Å². The van der Waals surface area contributed by atoms with Crippen LogP contribution in [0.15, 0.2) is 18.5 Å². The van der Waals surface area contributed by atoms with Gasteiger partial charge in [-0.1, -0.05) is 19.3 Å². The minimum Gasteiger partial charge on any atom is -0.397 e. The molecule has 2 N–H and O–H groups in total. The van der Waals surface area contributed by atoms with Crippen LogP contribution in [-0.2, 0) is 0 Å². The fourth-order valence-electron chi connectivity index (χ4n) is 3.66. The molecule has 1 aromatic rings. The molecule has 0 unspecified atom stereocenters. The van der Waals surface area contributed by atoms with Crippen molar-refractivity contribution in [1.82, 2.24) is 4.98 Å². The zero-order chi connectivity index (χ0) is 12.4. The van der Waals surface area contributed by atoms with Gasteiger partial charge in [-0.3, -0.25) is 4.98 Å². The molecule has 2 aliphatic rings. The standard InChI is InChI=1S/C15H23N3/c16-13-10-14(12-17-11-13)18-8-6-15(7-9-18)4-2-1-3-5-15/h10-12H,1-9,16H2. The molecule has 3 rings (SSSR count). The van der Waals surface area contributed by atoms with E-state index in [1.165, 1.54) is 63.7 Å². The van der Waals surface area contributed by atoms with Gasteiger partial charge in [0.1, 0.15) is 0 Å². The van der Waals surface area contributed by atoms with Gasteiger partial charge in [0.15, 0.2) is 0 Å². The summed E-state index contributed by atoms with van der Waals surface area (Å²) in [6.45, 7) is 2.34. The van der Waals surface area contributed by atoms with Crippen molar-refractivity contribution in [3.05, 3.63) is 18.5 Å². The van der Waals surface area contributed by atoms with Crippen LogP contribution in [0.3, 0.4) is 0 Å². The summed E-state index contributed by atoms with van der Waals surface area (Å²) in [5.41, 5.74) is 8.45. The SMILES string of the molecule is Nc1cncc(N2CCC3(CCCCC3)CC2)c1. The Morgan fingerprint density at radius 3 is 2.39 bits per heavy atom. The van der Waals surface area contributed by atoms with Crippen LogP contribution in [0.5, 0.6) is 0 Å². The van der Waals surface area contributed by atoms with Crippen LogP contribution in [0, 0.1) is 5.41 Å². The maximum atomic E-state index is 5.81. The van der Waals surface area contributed by atoms with Crippen LogP contribution in [0.2, 0.25) is 0 Å². The largest absolute Gasteiger partial charge is 0.397 e. The highest BCUT2D eigenvalue weighted by Crippen LogP contribution is 2.45. The van der Waals surface area contributed by atoms with Gasteiger partial charge in [-0.25, -0.2) is 0 Å². The van der Waals surface area contributed by atoms with Crippen molar-refractivity contribution >= 4 is 11.4 Å². The summed E-state index contributed by atoms with van der Waals surface area (Å²) in [4.78, 5) is 6.64. The van der Waals surface area contributed by atoms with E-state index in [0.29, 0.717) is 5.41 Å². The Morgan fingerprint density at radius 2 is 1.72 bits per heavy atom. The number of piperidine rings is 1. The molecule has 3 nitrogen and oxygen atoms in total. The average Bonchev–Trinajstić information content (AvgIpc) is 2.40. The fraction of sp³-hybridized carbons (Fsp3) is 0.667. The summed E-state index contributed by atoms with van der Waals surface area (Å²) >= 11 is 0. The lowest BCUT2D eigenvalue weighted by atomic mass is 9.68. The van der Waals surface area contributed by atoms with Crippen molar-refractivity contribution in [3.63, 3.8) is 0 Å². The zero-order valence-corrected chi connectivity index (χ0v) is 11.1. The van der Waals surface area contributed by atoms with E-state index in [2.05, 4.69) is 9.88 Å². The second-order valence-corrected chi connectivity index (χ2v) is 6.02. The normalized spacial score (nSPS) is 23.2. The van der Waals surface area contributed by atoms with E-state index in [9.17, 15) is 0 Å². The molecule has 1 aromatic heterocycles. The predicted molar refractivity (Wildman–Crippen MR) is 75.6 cm³/mol. The Hall–Kier alpha value is -1.25. The summed E-state index contributed by atoms with van der Waals surface area (Å²) in [6.07, 6.45) is 13.6. The van der Waals surface area contributed by atoms with Gasteiger partial charge in [0, 0.05) is 19.3 Å². The Labute approximate surface area is 109 Å². The van der Waals surface area contributed by atoms with Crippen molar-refractivity contribution in [1.29, 1.82) is 0 Å². The number of anilines is 2.